The highest BCUT2D eigenvalue weighted by molar-refractivity contribution is 5.56. The number of unbranched alkanes of at least 4 members (excludes halogenated alkanes) is 1. The molecule has 0 saturated heterocycles. The van der Waals surface area contributed by atoms with Crippen molar-refractivity contribution in [3.05, 3.63) is 29.3 Å². The van der Waals surface area contributed by atoms with E-state index in [1.54, 1.807) is 0 Å². The van der Waals surface area contributed by atoms with Gasteiger partial charge >= 0.3 is 0 Å². The Morgan fingerprint density at radius 1 is 1.33 bits per heavy atom. The fourth-order valence-electron chi connectivity index (χ4n) is 3.27. The van der Waals surface area contributed by atoms with Crippen LogP contribution in [0, 0.1) is 0 Å². The zero-order valence-electron chi connectivity index (χ0n) is 13.9. The standard InChI is InChI=1S/C18H31N3/c1-4-5-10-21-11-6-7-16-12-15(8-9-18(16)21)13-17(19)14-20(2)3/h8-9,12,17H,4-7,10-11,13-14,19H2,1-3H3. The second kappa shape index (κ2) is 7.81. The van der Waals surface area contributed by atoms with Crippen molar-refractivity contribution >= 4 is 5.69 Å². The summed E-state index contributed by atoms with van der Waals surface area (Å²) >= 11 is 0. The quantitative estimate of drug-likeness (QED) is 0.837. The predicted molar refractivity (Wildman–Crippen MR) is 92.1 cm³/mol. The topological polar surface area (TPSA) is 32.5 Å². The van der Waals surface area contributed by atoms with E-state index in [4.69, 9.17) is 5.73 Å². The normalized spacial score (nSPS) is 16.1. The van der Waals surface area contributed by atoms with Crippen LogP contribution in [-0.2, 0) is 12.8 Å². The van der Waals surface area contributed by atoms with Crippen LogP contribution in [-0.4, -0.2) is 44.7 Å². The fraction of sp³-hybridized carbons (Fsp3) is 0.667. The summed E-state index contributed by atoms with van der Waals surface area (Å²) < 4.78 is 0. The van der Waals surface area contributed by atoms with Crippen LogP contribution in [0.4, 0.5) is 5.69 Å². The van der Waals surface area contributed by atoms with Crippen LogP contribution in [0.1, 0.15) is 37.3 Å². The molecular formula is C18H31N3. The predicted octanol–water partition coefficient (Wildman–Crippen LogP) is 2.67. The van der Waals surface area contributed by atoms with E-state index in [0.29, 0.717) is 0 Å². The third kappa shape index (κ3) is 4.72. The van der Waals surface area contributed by atoms with Crippen molar-refractivity contribution < 1.29 is 0 Å². The summed E-state index contributed by atoms with van der Waals surface area (Å²) in [5.41, 5.74) is 10.6. The van der Waals surface area contributed by atoms with Crippen molar-refractivity contribution in [3.8, 4) is 0 Å². The Morgan fingerprint density at radius 2 is 2.14 bits per heavy atom. The summed E-state index contributed by atoms with van der Waals surface area (Å²) in [5, 5.41) is 0. The molecule has 0 aliphatic carbocycles. The first kappa shape index (κ1) is 16.3. The summed E-state index contributed by atoms with van der Waals surface area (Å²) in [6, 6.07) is 7.21. The van der Waals surface area contributed by atoms with Gasteiger partial charge in [0.05, 0.1) is 0 Å². The van der Waals surface area contributed by atoms with Crippen molar-refractivity contribution in [1.29, 1.82) is 0 Å². The number of hydrogen-bond acceptors (Lipinski definition) is 3. The van der Waals surface area contributed by atoms with Crippen LogP contribution in [0.5, 0.6) is 0 Å². The van der Waals surface area contributed by atoms with Crippen LogP contribution in [0.3, 0.4) is 0 Å². The maximum atomic E-state index is 6.22. The van der Waals surface area contributed by atoms with Gasteiger partial charge in [0.1, 0.15) is 0 Å². The number of hydrogen-bond donors (Lipinski definition) is 1. The number of nitrogens with zero attached hydrogens (tertiary/aromatic N) is 2. The Bertz CT molecular complexity index is 442. The highest BCUT2D eigenvalue weighted by Gasteiger charge is 2.17. The zero-order chi connectivity index (χ0) is 15.2. The first-order valence-corrected chi connectivity index (χ1v) is 8.37. The molecule has 21 heavy (non-hydrogen) atoms. The Hall–Kier alpha value is -1.06. The van der Waals surface area contributed by atoms with Gasteiger partial charge in [0.15, 0.2) is 0 Å². The molecule has 118 valence electrons. The van der Waals surface area contributed by atoms with E-state index in [2.05, 4.69) is 49.0 Å². The van der Waals surface area contributed by atoms with Gasteiger partial charge in [-0.3, -0.25) is 0 Å². The van der Waals surface area contributed by atoms with Gasteiger partial charge in [-0.2, -0.15) is 0 Å². The molecular weight excluding hydrogens is 258 g/mol. The second-order valence-electron chi connectivity index (χ2n) is 6.63. The summed E-state index contributed by atoms with van der Waals surface area (Å²) in [5.74, 6) is 0. The van der Waals surface area contributed by atoms with Crippen molar-refractivity contribution in [3.63, 3.8) is 0 Å². The molecule has 2 N–H and O–H groups in total. The van der Waals surface area contributed by atoms with E-state index in [0.717, 1.165) is 13.0 Å². The Balaban J connectivity index is 2.04. The summed E-state index contributed by atoms with van der Waals surface area (Å²) in [6.45, 7) is 5.62. The number of rotatable bonds is 7. The number of likely N-dealkylation sites (N-methyl/N-ethyl adjacent to an activating group) is 1. The number of benzene rings is 1. The molecule has 2 rings (SSSR count). The van der Waals surface area contributed by atoms with E-state index in [-0.39, 0.29) is 6.04 Å². The largest absolute Gasteiger partial charge is 0.371 e. The van der Waals surface area contributed by atoms with Crippen molar-refractivity contribution in [2.75, 3.05) is 38.6 Å². The highest BCUT2D eigenvalue weighted by Crippen LogP contribution is 2.28. The lowest BCUT2D eigenvalue weighted by Crippen LogP contribution is -2.35. The van der Waals surface area contributed by atoms with E-state index in [9.17, 15) is 0 Å². The van der Waals surface area contributed by atoms with Gasteiger partial charge in [0.2, 0.25) is 0 Å². The van der Waals surface area contributed by atoms with Gasteiger partial charge in [-0.25, -0.2) is 0 Å². The maximum Gasteiger partial charge on any atom is 0.0398 e. The molecule has 1 aliphatic rings. The number of fused-ring (bicyclic) bond motifs is 1. The smallest absolute Gasteiger partial charge is 0.0398 e. The molecule has 0 fully saturated rings. The number of aryl methyl sites for hydroxylation is 1. The molecule has 0 aromatic heterocycles. The molecule has 1 aromatic rings. The molecule has 0 amide bonds. The minimum atomic E-state index is 0.220. The molecule has 1 heterocycles. The minimum absolute atomic E-state index is 0.220. The van der Waals surface area contributed by atoms with E-state index in [1.807, 2.05) is 0 Å². The maximum absolute atomic E-state index is 6.22. The lowest BCUT2D eigenvalue weighted by atomic mass is 9.96. The van der Waals surface area contributed by atoms with Gasteiger partial charge in [-0.1, -0.05) is 25.5 Å². The van der Waals surface area contributed by atoms with Gasteiger partial charge in [0.25, 0.3) is 0 Å². The first-order chi connectivity index (χ1) is 10.1. The number of nitrogens with two attached hydrogens (primary N) is 1. The van der Waals surface area contributed by atoms with Crippen molar-refractivity contribution in [1.82, 2.24) is 4.90 Å². The lowest BCUT2D eigenvalue weighted by molar-refractivity contribution is 0.371. The van der Waals surface area contributed by atoms with Gasteiger partial charge in [0, 0.05) is 31.4 Å². The van der Waals surface area contributed by atoms with Gasteiger partial charge < -0.3 is 15.5 Å². The zero-order valence-corrected chi connectivity index (χ0v) is 13.9. The van der Waals surface area contributed by atoms with Crippen molar-refractivity contribution in [2.24, 2.45) is 5.73 Å². The van der Waals surface area contributed by atoms with Gasteiger partial charge in [-0.05, 0) is 57.0 Å². The van der Waals surface area contributed by atoms with Crippen LogP contribution in [0.15, 0.2) is 18.2 Å². The molecule has 1 unspecified atom stereocenters. The van der Waals surface area contributed by atoms with Crippen LogP contribution < -0.4 is 10.6 Å². The molecule has 0 spiro atoms. The van der Waals surface area contributed by atoms with Crippen LogP contribution in [0.2, 0.25) is 0 Å². The molecule has 1 atom stereocenters. The Labute approximate surface area is 130 Å². The molecule has 0 bridgehead atoms. The van der Waals surface area contributed by atoms with E-state index < -0.39 is 0 Å². The average Bonchev–Trinajstić information content (AvgIpc) is 2.43. The summed E-state index contributed by atoms with van der Waals surface area (Å²) in [7, 11) is 4.16. The monoisotopic (exact) mass is 289 g/mol. The van der Waals surface area contributed by atoms with Crippen LogP contribution in [0.25, 0.3) is 0 Å². The van der Waals surface area contributed by atoms with E-state index >= 15 is 0 Å². The Kier molecular flexibility index (Phi) is 6.07. The summed E-state index contributed by atoms with van der Waals surface area (Å²) in [4.78, 5) is 4.72. The Morgan fingerprint density at radius 3 is 2.86 bits per heavy atom. The summed E-state index contributed by atoms with van der Waals surface area (Å²) in [6.07, 6.45) is 6.03. The SMILES string of the molecule is CCCCN1CCCc2cc(CC(N)CN(C)C)ccc21. The van der Waals surface area contributed by atoms with Crippen LogP contribution >= 0.6 is 0 Å². The average molecular weight is 289 g/mol. The van der Waals surface area contributed by atoms with E-state index in [1.165, 1.54) is 55.6 Å². The van der Waals surface area contributed by atoms with Gasteiger partial charge in [-0.15, -0.1) is 0 Å². The molecule has 3 nitrogen and oxygen atoms in total. The first-order valence-electron chi connectivity index (χ1n) is 8.37. The fourth-order valence-corrected chi connectivity index (χ4v) is 3.27. The lowest BCUT2D eigenvalue weighted by Gasteiger charge is -2.32. The molecule has 0 saturated carbocycles. The molecule has 3 heteroatoms. The third-order valence-corrected chi connectivity index (χ3v) is 4.24. The second-order valence-corrected chi connectivity index (χ2v) is 6.63. The molecule has 1 aliphatic heterocycles. The minimum Gasteiger partial charge on any atom is -0.371 e. The number of anilines is 1. The molecule has 0 radical (unpaired) electrons. The third-order valence-electron chi connectivity index (χ3n) is 4.24. The van der Waals surface area contributed by atoms with Crippen molar-refractivity contribution in [2.45, 2.75) is 45.1 Å². The highest BCUT2D eigenvalue weighted by atomic mass is 15.1. The molecule has 1 aromatic carbocycles.